The number of rotatable bonds is 6. The Labute approximate surface area is 114 Å². The lowest BCUT2D eigenvalue weighted by atomic mass is 10.00. The summed E-state index contributed by atoms with van der Waals surface area (Å²) in [5.41, 5.74) is 0.808. The molecule has 0 saturated carbocycles. The van der Waals surface area contributed by atoms with Crippen molar-refractivity contribution in [2.45, 2.75) is 59.9 Å². The molecule has 19 heavy (non-hydrogen) atoms. The zero-order chi connectivity index (χ0) is 15.2. The molecule has 0 aliphatic rings. The first-order chi connectivity index (χ1) is 8.65. The molecule has 110 valence electrons. The summed E-state index contributed by atoms with van der Waals surface area (Å²) in [4.78, 5) is 23.5. The number of aliphatic hydroxyl groups excluding tert-OH is 1. The van der Waals surface area contributed by atoms with E-state index in [4.69, 9.17) is 9.47 Å². The van der Waals surface area contributed by atoms with E-state index in [2.05, 4.69) is 0 Å². The molecule has 0 fully saturated rings. The van der Waals surface area contributed by atoms with Crippen molar-refractivity contribution < 1.29 is 24.2 Å². The van der Waals surface area contributed by atoms with Gasteiger partial charge in [-0.05, 0) is 41.5 Å². The predicted molar refractivity (Wildman–Crippen MR) is 71.4 cm³/mol. The van der Waals surface area contributed by atoms with Gasteiger partial charge in [0.1, 0.15) is 5.92 Å². The van der Waals surface area contributed by atoms with Crippen LogP contribution >= 0.6 is 0 Å². The minimum Gasteiger partial charge on any atom is -0.462 e. The van der Waals surface area contributed by atoms with E-state index in [1.54, 1.807) is 41.5 Å². The zero-order valence-corrected chi connectivity index (χ0v) is 12.5. The smallest absolute Gasteiger partial charge is 0.336 e. The van der Waals surface area contributed by atoms with Crippen LogP contribution in [0.3, 0.4) is 0 Å². The highest BCUT2D eigenvalue weighted by molar-refractivity contribution is 5.85. The van der Waals surface area contributed by atoms with Crippen molar-refractivity contribution in [1.82, 2.24) is 0 Å². The summed E-state index contributed by atoms with van der Waals surface area (Å²) in [6.07, 6.45) is -0.704. The molecule has 0 aromatic carbocycles. The second-order valence-electron chi connectivity index (χ2n) is 5.19. The average molecular weight is 272 g/mol. The number of aliphatic hydroxyl groups is 1. The quantitative estimate of drug-likeness (QED) is 0.590. The normalized spacial score (nSPS) is 13.9. The van der Waals surface area contributed by atoms with Gasteiger partial charge in [-0.15, -0.1) is 0 Å². The Bertz CT molecular complexity index is 340. The summed E-state index contributed by atoms with van der Waals surface area (Å²) in [7, 11) is 0. The van der Waals surface area contributed by atoms with Gasteiger partial charge in [0.2, 0.25) is 0 Å². The van der Waals surface area contributed by atoms with Gasteiger partial charge in [-0.2, -0.15) is 0 Å². The second-order valence-corrected chi connectivity index (χ2v) is 5.19. The van der Waals surface area contributed by atoms with Crippen LogP contribution in [0.25, 0.3) is 0 Å². The van der Waals surface area contributed by atoms with Crippen molar-refractivity contribution in [3.05, 3.63) is 11.6 Å². The summed E-state index contributed by atoms with van der Waals surface area (Å²) in [6.45, 7) is 10.3. The van der Waals surface area contributed by atoms with Crippen LogP contribution in [-0.4, -0.2) is 35.4 Å². The summed E-state index contributed by atoms with van der Waals surface area (Å²) in [5.74, 6) is -2.50. The molecule has 1 N–H and O–H groups in total. The molecule has 5 nitrogen and oxygen atoms in total. The first-order valence-corrected chi connectivity index (χ1v) is 6.39. The Morgan fingerprint density at radius 3 is 1.74 bits per heavy atom. The van der Waals surface area contributed by atoms with Gasteiger partial charge in [-0.1, -0.05) is 11.6 Å². The van der Waals surface area contributed by atoms with Crippen LogP contribution in [0.5, 0.6) is 0 Å². The molecule has 0 rings (SSSR count). The molecule has 0 unspecified atom stereocenters. The molecule has 0 spiro atoms. The van der Waals surface area contributed by atoms with E-state index in [-0.39, 0.29) is 12.2 Å². The number of carbonyl (C=O) groups is 2. The molecule has 0 aliphatic heterocycles. The number of allylic oxidation sites excluding steroid dienone is 1. The number of hydrogen-bond acceptors (Lipinski definition) is 5. The van der Waals surface area contributed by atoms with Gasteiger partial charge in [0.15, 0.2) is 6.10 Å². The monoisotopic (exact) mass is 272 g/mol. The molecule has 0 radical (unpaired) electrons. The third kappa shape index (κ3) is 6.96. The predicted octanol–water partition coefficient (Wildman–Crippen LogP) is 1.83. The van der Waals surface area contributed by atoms with Gasteiger partial charge in [-0.3, -0.25) is 4.79 Å². The summed E-state index contributed by atoms with van der Waals surface area (Å²) < 4.78 is 9.94. The van der Waals surface area contributed by atoms with Crippen LogP contribution in [0.4, 0.5) is 0 Å². The average Bonchev–Trinajstić information content (AvgIpc) is 2.22. The van der Waals surface area contributed by atoms with Crippen LogP contribution in [-0.2, 0) is 19.1 Å². The fourth-order valence-electron chi connectivity index (χ4n) is 1.41. The largest absolute Gasteiger partial charge is 0.462 e. The molecule has 0 aromatic heterocycles. The van der Waals surface area contributed by atoms with Crippen LogP contribution in [0.1, 0.15) is 41.5 Å². The topological polar surface area (TPSA) is 72.8 Å². The maximum absolute atomic E-state index is 11.9. The van der Waals surface area contributed by atoms with E-state index in [1.165, 1.54) is 6.08 Å². The van der Waals surface area contributed by atoms with Crippen LogP contribution in [0.2, 0.25) is 0 Å². The second kappa shape index (κ2) is 7.94. The molecule has 2 atom stereocenters. The van der Waals surface area contributed by atoms with Gasteiger partial charge in [0, 0.05) is 0 Å². The Kier molecular flexibility index (Phi) is 7.37. The van der Waals surface area contributed by atoms with Crippen LogP contribution in [0.15, 0.2) is 11.6 Å². The van der Waals surface area contributed by atoms with E-state index in [0.717, 1.165) is 5.57 Å². The Balaban J connectivity index is 4.99. The molecule has 0 aliphatic carbocycles. The molecule has 5 heteroatoms. The Hall–Kier alpha value is -1.36. The molecular formula is C14H24O5. The summed E-state index contributed by atoms with van der Waals surface area (Å²) in [5, 5.41) is 9.94. The van der Waals surface area contributed by atoms with Gasteiger partial charge in [0.25, 0.3) is 0 Å². The van der Waals surface area contributed by atoms with Crippen LogP contribution < -0.4 is 0 Å². The van der Waals surface area contributed by atoms with E-state index in [0.29, 0.717) is 0 Å². The molecule has 0 saturated heterocycles. The minimum atomic E-state index is -1.55. The van der Waals surface area contributed by atoms with Gasteiger partial charge >= 0.3 is 11.9 Å². The maximum Gasteiger partial charge on any atom is 0.336 e. The Morgan fingerprint density at radius 1 is 0.947 bits per heavy atom. The van der Waals surface area contributed by atoms with Crippen molar-refractivity contribution in [2.75, 3.05) is 0 Å². The van der Waals surface area contributed by atoms with Crippen LogP contribution in [0, 0.1) is 5.92 Å². The summed E-state index contributed by atoms with van der Waals surface area (Å²) >= 11 is 0. The number of carbonyl (C=O) groups excluding carboxylic acids is 2. The first-order valence-electron chi connectivity index (χ1n) is 6.39. The van der Waals surface area contributed by atoms with E-state index in [1.807, 2.05) is 0 Å². The van der Waals surface area contributed by atoms with Crippen molar-refractivity contribution in [1.29, 1.82) is 0 Å². The van der Waals surface area contributed by atoms with Gasteiger partial charge < -0.3 is 14.6 Å². The number of ether oxygens (including phenoxy) is 2. The van der Waals surface area contributed by atoms with E-state index >= 15 is 0 Å². The lowest BCUT2D eigenvalue weighted by Crippen LogP contribution is -2.38. The summed E-state index contributed by atoms with van der Waals surface area (Å²) in [6, 6.07) is 0. The SMILES string of the molecule is CC(C)=C[C@@H](C(=O)OC(C)C)[C@H](O)C(=O)OC(C)C. The molecule has 0 amide bonds. The minimum absolute atomic E-state index is 0.311. The lowest BCUT2D eigenvalue weighted by Gasteiger charge is -2.20. The Morgan fingerprint density at radius 2 is 1.37 bits per heavy atom. The van der Waals surface area contributed by atoms with E-state index in [9.17, 15) is 14.7 Å². The van der Waals surface area contributed by atoms with Gasteiger partial charge in [0.05, 0.1) is 12.2 Å². The first kappa shape index (κ1) is 17.6. The molecule has 0 heterocycles. The highest BCUT2D eigenvalue weighted by atomic mass is 16.6. The molecule has 0 bridgehead atoms. The zero-order valence-electron chi connectivity index (χ0n) is 12.5. The third-order valence-electron chi connectivity index (χ3n) is 2.07. The van der Waals surface area contributed by atoms with Crippen molar-refractivity contribution in [2.24, 2.45) is 5.92 Å². The van der Waals surface area contributed by atoms with Gasteiger partial charge in [-0.25, -0.2) is 4.79 Å². The van der Waals surface area contributed by atoms with Crippen molar-refractivity contribution in [3.8, 4) is 0 Å². The maximum atomic E-state index is 11.9. The van der Waals surface area contributed by atoms with E-state index < -0.39 is 24.0 Å². The fourth-order valence-corrected chi connectivity index (χ4v) is 1.41. The standard InChI is InChI=1S/C14H24O5/c1-8(2)7-11(13(16)18-9(3)4)12(15)14(17)19-10(5)6/h7,9-12,15H,1-6H3/t11-,12+/m1/s1. The third-order valence-corrected chi connectivity index (χ3v) is 2.07. The lowest BCUT2D eigenvalue weighted by molar-refractivity contribution is -0.168. The van der Waals surface area contributed by atoms with Crippen molar-refractivity contribution >= 4 is 11.9 Å². The molecular weight excluding hydrogens is 248 g/mol. The molecule has 0 aromatic rings. The highest BCUT2D eigenvalue weighted by Gasteiger charge is 2.33. The highest BCUT2D eigenvalue weighted by Crippen LogP contribution is 2.15. The number of esters is 2. The fraction of sp³-hybridized carbons (Fsp3) is 0.714. The number of hydrogen-bond donors (Lipinski definition) is 1. The van der Waals surface area contributed by atoms with Crippen molar-refractivity contribution in [3.63, 3.8) is 0 Å².